The zero-order chi connectivity index (χ0) is 17.4. The molecule has 1 aromatic carbocycles. The molecule has 1 fully saturated rings. The number of hydrogen-bond acceptors (Lipinski definition) is 3. The van der Waals surface area contributed by atoms with Crippen molar-refractivity contribution < 1.29 is 13.6 Å². The van der Waals surface area contributed by atoms with Crippen LogP contribution in [0.3, 0.4) is 0 Å². The topological polar surface area (TPSA) is 59.0 Å². The maximum Gasteiger partial charge on any atom is 0.262 e. The van der Waals surface area contributed by atoms with E-state index in [0.29, 0.717) is 0 Å². The number of aromatic nitrogens is 2. The number of hydrogen-bond donors (Lipinski definition) is 2. The standard InChI is InChI=1S/C18H20F2N4O/c19-18(20)9-14(22-11-18)17(25)21-10-15-13-7-4-8-16(13)24(23-15)12-5-2-1-3-6-12/h1-3,5-6,14,22H,4,7-11H2,(H,21,25). The fraction of sp³-hybridized carbons (Fsp3) is 0.444. The molecule has 7 heteroatoms. The van der Waals surface area contributed by atoms with E-state index in [1.807, 2.05) is 35.0 Å². The van der Waals surface area contributed by atoms with Gasteiger partial charge in [0, 0.05) is 12.1 Å². The molecule has 132 valence electrons. The molecule has 1 amide bonds. The SMILES string of the molecule is O=C(NCc1nn(-c2ccccc2)c2c1CCC2)C1CC(F)(F)CN1. The summed E-state index contributed by atoms with van der Waals surface area (Å²) >= 11 is 0. The summed E-state index contributed by atoms with van der Waals surface area (Å²) in [7, 11) is 0. The van der Waals surface area contributed by atoms with Crippen LogP contribution >= 0.6 is 0 Å². The molecule has 1 aliphatic carbocycles. The first-order valence-corrected chi connectivity index (χ1v) is 8.57. The van der Waals surface area contributed by atoms with Crippen LogP contribution in [-0.4, -0.2) is 34.2 Å². The van der Waals surface area contributed by atoms with Crippen LogP contribution in [0.1, 0.15) is 29.8 Å². The molecule has 1 unspecified atom stereocenters. The Hall–Kier alpha value is -2.28. The number of para-hydroxylation sites is 1. The van der Waals surface area contributed by atoms with E-state index in [9.17, 15) is 13.6 Å². The van der Waals surface area contributed by atoms with Gasteiger partial charge in [-0.2, -0.15) is 5.10 Å². The highest BCUT2D eigenvalue weighted by molar-refractivity contribution is 5.82. The van der Waals surface area contributed by atoms with Crippen molar-refractivity contribution in [2.24, 2.45) is 0 Å². The second-order valence-electron chi connectivity index (χ2n) is 6.68. The predicted molar refractivity (Wildman–Crippen MR) is 88.8 cm³/mol. The van der Waals surface area contributed by atoms with Crippen molar-refractivity contribution in [3.63, 3.8) is 0 Å². The number of benzene rings is 1. The lowest BCUT2D eigenvalue weighted by Gasteiger charge is -2.10. The monoisotopic (exact) mass is 346 g/mol. The molecule has 1 aliphatic heterocycles. The van der Waals surface area contributed by atoms with Crippen LogP contribution in [0.2, 0.25) is 0 Å². The van der Waals surface area contributed by atoms with Gasteiger partial charge in [0.1, 0.15) is 0 Å². The van der Waals surface area contributed by atoms with E-state index in [1.165, 1.54) is 11.3 Å². The van der Waals surface area contributed by atoms with Gasteiger partial charge in [-0.05, 0) is 37.0 Å². The Kier molecular flexibility index (Phi) is 4.03. The Balaban J connectivity index is 1.49. The van der Waals surface area contributed by atoms with Crippen LogP contribution in [0.4, 0.5) is 8.78 Å². The molecule has 0 spiro atoms. The van der Waals surface area contributed by atoms with Crippen LogP contribution in [0.25, 0.3) is 5.69 Å². The van der Waals surface area contributed by atoms with E-state index in [1.54, 1.807) is 0 Å². The van der Waals surface area contributed by atoms with Gasteiger partial charge in [0.15, 0.2) is 0 Å². The predicted octanol–water partition coefficient (Wildman–Crippen LogP) is 1.97. The minimum absolute atomic E-state index is 0.269. The van der Waals surface area contributed by atoms with Crippen molar-refractivity contribution in [3.05, 3.63) is 47.3 Å². The van der Waals surface area contributed by atoms with Gasteiger partial charge in [-0.1, -0.05) is 18.2 Å². The molecule has 2 N–H and O–H groups in total. The molecule has 0 saturated carbocycles. The summed E-state index contributed by atoms with van der Waals surface area (Å²) in [5, 5.41) is 10.0. The highest BCUT2D eigenvalue weighted by Crippen LogP contribution is 2.28. The van der Waals surface area contributed by atoms with Crippen LogP contribution in [0.15, 0.2) is 30.3 Å². The van der Waals surface area contributed by atoms with Crippen LogP contribution in [-0.2, 0) is 24.2 Å². The summed E-state index contributed by atoms with van der Waals surface area (Å²) < 4.78 is 28.4. The Labute approximate surface area is 144 Å². The van der Waals surface area contributed by atoms with Crippen molar-refractivity contribution in [2.45, 2.75) is 44.2 Å². The third-order valence-corrected chi connectivity index (χ3v) is 4.87. The highest BCUT2D eigenvalue weighted by atomic mass is 19.3. The maximum absolute atomic E-state index is 13.2. The molecule has 4 rings (SSSR count). The number of alkyl halides is 2. The molecule has 2 aromatic rings. The van der Waals surface area contributed by atoms with Crippen molar-refractivity contribution >= 4 is 5.91 Å². The summed E-state index contributed by atoms with van der Waals surface area (Å²) in [5.41, 5.74) is 4.18. The number of carbonyl (C=O) groups excluding carboxylic acids is 1. The van der Waals surface area contributed by atoms with Crippen molar-refractivity contribution in [2.75, 3.05) is 6.54 Å². The number of nitrogens with zero attached hydrogens (tertiary/aromatic N) is 2. The Morgan fingerprint density at radius 1 is 1.32 bits per heavy atom. The number of rotatable bonds is 4. The van der Waals surface area contributed by atoms with E-state index in [4.69, 9.17) is 0 Å². The Bertz CT molecular complexity index is 788. The summed E-state index contributed by atoms with van der Waals surface area (Å²) in [6, 6.07) is 9.05. The zero-order valence-electron chi connectivity index (χ0n) is 13.8. The van der Waals surface area contributed by atoms with Gasteiger partial charge in [0.25, 0.3) is 5.92 Å². The van der Waals surface area contributed by atoms with E-state index in [0.717, 1.165) is 30.6 Å². The van der Waals surface area contributed by atoms with Gasteiger partial charge in [-0.15, -0.1) is 0 Å². The molecular formula is C18H20F2N4O. The Morgan fingerprint density at radius 2 is 2.12 bits per heavy atom. The lowest BCUT2D eigenvalue weighted by molar-refractivity contribution is -0.123. The lowest BCUT2D eigenvalue weighted by Crippen LogP contribution is -2.40. The quantitative estimate of drug-likeness (QED) is 0.890. The first-order valence-electron chi connectivity index (χ1n) is 8.57. The van der Waals surface area contributed by atoms with Gasteiger partial charge >= 0.3 is 0 Å². The van der Waals surface area contributed by atoms with Gasteiger partial charge in [-0.25, -0.2) is 13.5 Å². The van der Waals surface area contributed by atoms with E-state index >= 15 is 0 Å². The number of nitrogens with one attached hydrogen (secondary N) is 2. The number of halogens is 2. The van der Waals surface area contributed by atoms with Crippen molar-refractivity contribution in [1.29, 1.82) is 0 Å². The summed E-state index contributed by atoms with van der Waals surface area (Å²) in [6.07, 6.45) is 2.52. The van der Waals surface area contributed by atoms with Gasteiger partial charge in [-0.3, -0.25) is 10.1 Å². The fourth-order valence-electron chi connectivity index (χ4n) is 3.63. The second kappa shape index (κ2) is 6.22. The normalized spacial score (nSPS) is 21.3. The molecule has 1 saturated heterocycles. The maximum atomic E-state index is 13.2. The zero-order valence-corrected chi connectivity index (χ0v) is 13.8. The van der Waals surface area contributed by atoms with E-state index in [2.05, 4.69) is 15.7 Å². The van der Waals surface area contributed by atoms with Crippen molar-refractivity contribution in [3.8, 4) is 5.69 Å². The molecule has 25 heavy (non-hydrogen) atoms. The van der Waals surface area contributed by atoms with E-state index in [-0.39, 0.29) is 6.54 Å². The number of carbonyl (C=O) groups is 1. The average molecular weight is 346 g/mol. The van der Waals surface area contributed by atoms with E-state index < -0.39 is 30.8 Å². The van der Waals surface area contributed by atoms with Gasteiger partial charge in [0.2, 0.25) is 5.91 Å². The van der Waals surface area contributed by atoms with Gasteiger partial charge < -0.3 is 5.32 Å². The second-order valence-corrected chi connectivity index (χ2v) is 6.68. The third kappa shape index (κ3) is 3.16. The van der Waals surface area contributed by atoms with Crippen molar-refractivity contribution in [1.82, 2.24) is 20.4 Å². The molecular weight excluding hydrogens is 326 g/mol. The Morgan fingerprint density at radius 3 is 2.84 bits per heavy atom. The molecule has 5 nitrogen and oxygen atoms in total. The summed E-state index contributed by atoms with van der Waals surface area (Å²) in [5.74, 6) is -3.20. The first kappa shape index (κ1) is 16.2. The smallest absolute Gasteiger partial charge is 0.262 e. The minimum Gasteiger partial charge on any atom is -0.349 e. The van der Waals surface area contributed by atoms with Crippen LogP contribution in [0, 0.1) is 0 Å². The summed E-state index contributed by atoms with van der Waals surface area (Å²) in [6.45, 7) is -0.173. The fourth-order valence-corrected chi connectivity index (χ4v) is 3.63. The molecule has 0 radical (unpaired) electrons. The molecule has 2 aliphatic rings. The largest absolute Gasteiger partial charge is 0.349 e. The molecule has 1 atom stereocenters. The first-order chi connectivity index (χ1) is 12.0. The lowest BCUT2D eigenvalue weighted by atomic mass is 10.1. The summed E-state index contributed by atoms with van der Waals surface area (Å²) in [4.78, 5) is 12.1. The van der Waals surface area contributed by atoms with Crippen LogP contribution < -0.4 is 10.6 Å². The number of amides is 1. The van der Waals surface area contributed by atoms with Gasteiger partial charge in [0.05, 0.1) is 30.5 Å². The molecule has 0 bridgehead atoms. The molecule has 1 aromatic heterocycles. The third-order valence-electron chi connectivity index (χ3n) is 4.87. The highest BCUT2D eigenvalue weighted by Gasteiger charge is 2.42. The minimum atomic E-state index is -2.81. The average Bonchev–Trinajstić information content (AvgIpc) is 3.28. The molecule has 2 heterocycles. The van der Waals surface area contributed by atoms with Crippen LogP contribution in [0.5, 0.6) is 0 Å². The number of fused-ring (bicyclic) bond motifs is 1.